The van der Waals surface area contributed by atoms with Crippen LogP contribution in [-0.4, -0.2) is 50.1 Å². The smallest absolute Gasteiger partial charge is 0.223 e. The zero-order valence-electron chi connectivity index (χ0n) is 18.8. The molecule has 4 rings (SSSR count). The first kappa shape index (κ1) is 22.2. The van der Waals surface area contributed by atoms with Crippen molar-refractivity contribution in [3.63, 3.8) is 0 Å². The summed E-state index contributed by atoms with van der Waals surface area (Å²) in [5.74, 6) is 1.35. The monoisotopic (exact) mass is 441 g/mol. The van der Waals surface area contributed by atoms with Gasteiger partial charge in [0.2, 0.25) is 5.91 Å². The molecule has 2 fully saturated rings. The lowest BCUT2D eigenvalue weighted by atomic mass is 9.88. The summed E-state index contributed by atoms with van der Waals surface area (Å²) < 4.78 is 5.29. The Kier molecular flexibility index (Phi) is 7.51. The van der Waals surface area contributed by atoms with Crippen molar-refractivity contribution in [1.29, 1.82) is 0 Å². The molecule has 1 saturated carbocycles. The highest BCUT2D eigenvalue weighted by atomic mass is 32.1. The van der Waals surface area contributed by atoms with E-state index in [0.717, 1.165) is 44.8 Å². The normalized spacial score (nSPS) is 20.3. The van der Waals surface area contributed by atoms with Crippen molar-refractivity contribution in [3.05, 3.63) is 46.7 Å². The summed E-state index contributed by atoms with van der Waals surface area (Å²) in [4.78, 5) is 19.2. The predicted molar refractivity (Wildman–Crippen MR) is 128 cm³/mol. The van der Waals surface area contributed by atoms with E-state index in [9.17, 15) is 4.79 Å². The molecule has 0 unspecified atom stereocenters. The van der Waals surface area contributed by atoms with Gasteiger partial charge in [-0.3, -0.25) is 9.69 Å². The number of hydrogen-bond acceptors (Lipinski definition) is 5. The molecule has 5 nitrogen and oxygen atoms in total. The van der Waals surface area contributed by atoms with E-state index in [1.807, 2.05) is 12.1 Å². The van der Waals surface area contributed by atoms with Crippen LogP contribution in [0.25, 0.3) is 0 Å². The Morgan fingerprint density at radius 1 is 1.06 bits per heavy atom. The number of thiophene rings is 1. The lowest BCUT2D eigenvalue weighted by molar-refractivity contribution is -0.127. The van der Waals surface area contributed by atoms with Gasteiger partial charge in [-0.25, -0.2) is 0 Å². The van der Waals surface area contributed by atoms with Crippen molar-refractivity contribution in [2.45, 2.75) is 51.1 Å². The van der Waals surface area contributed by atoms with Gasteiger partial charge in [0.15, 0.2) is 0 Å². The highest BCUT2D eigenvalue weighted by Gasteiger charge is 2.32. The number of amides is 1. The second-order valence-electron chi connectivity index (χ2n) is 8.81. The third kappa shape index (κ3) is 5.42. The Bertz CT molecular complexity index is 810. The quantitative estimate of drug-likeness (QED) is 0.676. The van der Waals surface area contributed by atoms with Gasteiger partial charge < -0.3 is 15.0 Å². The maximum atomic E-state index is 12.9. The standard InChI is InChI=1S/C25H35N3O2S/c1-19(26-25(29)20-7-4-3-5-8-20)24(23-9-6-18-31-23)28-16-14-27(15-17-28)21-10-12-22(30-2)13-11-21/h6,9-13,18-20,24H,3-5,7-8,14-17H2,1-2H3,(H,26,29)/t19-,24-/m1/s1. The number of nitrogens with one attached hydrogen (secondary N) is 1. The van der Waals surface area contributed by atoms with Crippen molar-refractivity contribution >= 4 is 22.9 Å². The molecule has 2 aliphatic rings. The predicted octanol–water partition coefficient (Wildman–Crippen LogP) is 4.71. The summed E-state index contributed by atoms with van der Waals surface area (Å²) in [6.45, 7) is 6.12. The van der Waals surface area contributed by atoms with Crippen molar-refractivity contribution in [2.75, 3.05) is 38.2 Å². The van der Waals surface area contributed by atoms with Gasteiger partial charge in [0.05, 0.1) is 13.2 Å². The number of nitrogens with zero attached hydrogens (tertiary/aromatic N) is 2. The van der Waals surface area contributed by atoms with E-state index in [2.05, 4.69) is 51.7 Å². The van der Waals surface area contributed by atoms with E-state index in [0.29, 0.717) is 0 Å². The van der Waals surface area contributed by atoms with Crippen LogP contribution >= 0.6 is 11.3 Å². The zero-order chi connectivity index (χ0) is 21.6. The number of ether oxygens (including phenoxy) is 1. The van der Waals surface area contributed by atoms with Crippen LogP contribution in [0.1, 0.15) is 49.9 Å². The van der Waals surface area contributed by atoms with E-state index >= 15 is 0 Å². The lowest BCUT2D eigenvalue weighted by Gasteiger charge is -2.42. The van der Waals surface area contributed by atoms with E-state index in [4.69, 9.17) is 4.74 Å². The van der Waals surface area contributed by atoms with Crippen LogP contribution in [0, 0.1) is 5.92 Å². The fraction of sp³-hybridized carbons (Fsp3) is 0.560. The molecular formula is C25H35N3O2S. The van der Waals surface area contributed by atoms with Crippen molar-refractivity contribution in [2.24, 2.45) is 5.92 Å². The van der Waals surface area contributed by atoms with Gasteiger partial charge in [-0.1, -0.05) is 25.3 Å². The van der Waals surface area contributed by atoms with Gasteiger partial charge in [0, 0.05) is 48.7 Å². The average molecular weight is 442 g/mol. The molecule has 168 valence electrons. The highest BCUT2D eigenvalue weighted by molar-refractivity contribution is 7.10. The number of benzene rings is 1. The van der Waals surface area contributed by atoms with Gasteiger partial charge in [0.25, 0.3) is 0 Å². The molecule has 6 heteroatoms. The molecule has 1 aliphatic carbocycles. The number of piperazine rings is 1. The van der Waals surface area contributed by atoms with Crippen molar-refractivity contribution < 1.29 is 9.53 Å². The van der Waals surface area contributed by atoms with E-state index < -0.39 is 0 Å². The Hall–Kier alpha value is -2.05. The number of methoxy groups -OCH3 is 1. The molecule has 1 aromatic heterocycles. The van der Waals surface area contributed by atoms with Crippen LogP contribution < -0.4 is 15.0 Å². The van der Waals surface area contributed by atoms with Crippen LogP contribution in [0.2, 0.25) is 0 Å². The third-order valence-electron chi connectivity index (χ3n) is 6.80. The van der Waals surface area contributed by atoms with E-state index in [-0.39, 0.29) is 23.9 Å². The highest BCUT2D eigenvalue weighted by Crippen LogP contribution is 2.31. The summed E-state index contributed by atoms with van der Waals surface area (Å²) >= 11 is 1.80. The number of rotatable bonds is 7. The van der Waals surface area contributed by atoms with Crippen LogP contribution in [0.5, 0.6) is 5.75 Å². The molecule has 2 aromatic rings. The first-order valence-corrected chi connectivity index (χ1v) is 12.5. The molecular weight excluding hydrogens is 406 g/mol. The van der Waals surface area contributed by atoms with Crippen molar-refractivity contribution in [3.8, 4) is 5.75 Å². The van der Waals surface area contributed by atoms with E-state index in [1.165, 1.54) is 29.8 Å². The molecule has 31 heavy (non-hydrogen) atoms. The first-order chi connectivity index (χ1) is 15.2. The second-order valence-corrected chi connectivity index (χ2v) is 9.79. The number of carbonyl (C=O) groups is 1. The molecule has 0 radical (unpaired) electrons. The van der Waals surface area contributed by atoms with Crippen LogP contribution in [0.4, 0.5) is 5.69 Å². The molecule has 0 spiro atoms. The van der Waals surface area contributed by atoms with Crippen molar-refractivity contribution in [1.82, 2.24) is 10.2 Å². The fourth-order valence-corrected chi connectivity index (χ4v) is 6.00. The molecule has 0 bridgehead atoms. The SMILES string of the molecule is COc1ccc(N2CCN([C@@H](c3cccs3)[C@@H](C)NC(=O)C3CCCCC3)CC2)cc1. The molecule has 1 aromatic carbocycles. The van der Waals surface area contributed by atoms with Crippen LogP contribution in [-0.2, 0) is 4.79 Å². The van der Waals surface area contributed by atoms with Gasteiger partial charge in [-0.15, -0.1) is 11.3 Å². The van der Waals surface area contributed by atoms with Gasteiger partial charge >= 0.3 is 0 Å². The minimum absolute atomic E-state index is 0.0978. The minimum Gasteiger partial charge on any atom is -0.497 e. The maximum Gasteiger partial charge on any atom is 0.223 e. The average Bonchev–Trinajstić information content (AvgIpc) is 3.34. The minimum atomic E-state index is 0.0978. The van der Waals surface area contributed by atoms with Crippen LogP contribution in [0.3, 0.4) is 0 Å². The summed E-state index contributed by atoms with van der Waals surface area (Å²) in [7, 11) is 1.70. The van der Waals surface area contributed by atoms with Gasteiger partial charge in [0.1, 0.15) is 5.75 Å². The summed E-state index contributed by atoms with van der Waals surface area (Å²) in [6.07, 6.45) is 5.74. The molecule has 1 aliphatic heterocycles. The second kappa shape index (κ2) is 10.5. The molecule has 2 heterocycles. The summed E-state index contributed by atoms with van der Waals surface area (Å²) in [5, 5.41) is 5.53. The Balaban J connectivity index is 1.40. The van der Waals surface area contributed by atoms with Gasteiger partial charge in [-0.05, 0) is 55.5 Å². The molecule has 1 amide bonds. The number of anilines is 1. The summed E-state index contributed by atoms with van der Waals surface area (Å²) in [5.41, 5.74) is 1.24. The number of carbonyl (C=O) groups excluding carboxylic acids is 1. The maximum absolute atomic E-state index is 12.9. The lowest BCUT2D eigenvalue weighted by Crippen LogP contribution is -2.53. The largest absolute Gasteiger partial charge is 0.497 e. The molecule has 2 atom stereocenters. The number of hydrogen-bond donors (Lipinski definition) is 1. The Labute approximate surface area is 190 Å². The topological polar surface area (TPSA) is 44.8 Å². The molecule has 1 N–H and O–H groups in total. The first-order valence-electron chi connectivity index (χ1n) is 11.6. The van der Waals surface area contributed by atoms with Gasteiger partial charge in [-0.2, -0.15) is 0 Å². The van der Waals surface area contributed by atoms with Crippen LogP contribution in [0.15, 0.2) is 41.8 Å². The Morgan fingerprint density at radius 2 is 1.77 bits per heavy atom. The zero-order valence-corrected chi connectivity index (χ0v) is 19.6. The summed E-state index contributed by atoms with van der Waals surface area (Å²) in [6, 6.07) is 13.0. The van der Waals surface area contributed by atoms with E-state index in [1.54, 1.807) is 18.4 Å². The third-order valence-corrected chi connectivity index (χ3v) is 7.74. The fourth-order valence-electron chi connectivity index (χ4n) is 5.04. The molecule has 1 saturated heterocycles. The Morgan fingerprint density at radius 3 is 2.39 bits per heavy atom.